The summed E-state index contributed by atoms with van der Waals surface area (Å²) >= 11 is 0. The Balaban J connectivity index is 1.47. The van der Waals surface area contributed by atoms with Crippen molar-refractivity contribution in [3.05, 3.63) is 76.6 Å². The van der Waals surface area contributed by atoms with Crippen LogP contribution in [0, 0.1) is 0 Å². The first-order valence-corrected chi connectivity index (χ1v) is 16.8. The van der Waals surface area contributed by atoms with E-state index in [1.807, 2.05) is 88.2 Å². The molecule has 3 aromatic rings. The topological polar surface area (TPSA) is 97.6 Å². The second-order valence-electron chi connectivity index (χ2n) is 14.0. The molecule has 47 heavy (non-hydrogen) atoms. The van der Waals surface area contributed by atoms with Gasteiger partial charge in [-0.05, 0) is 102 Å². The summed E-state index contributed by atoms with van der Waals surface area (Å²) in [5.74, 6) is -0.830. The lowest BCUT2D eigenvalue weighted by Crippen LogP contribution is -2.49. The largest absolute Gasteiger partial charge is 0.468 e. The monoisotopic (exact) mass is 645 g/mol. The number of carbonyl (C=O) groups excluding carboxylic acids is 4. The third kappa shape index (κ3) is 8.24. The van der Waals surface area contributed by atoms with Crippen LogP contribution in [0.4, 0.5) is 4.79 Å². The van der Waals surface area contributed by atoms with Crippen LogP contribution in [0.5, 0.6) is 0 Å². The van der Waals surface area contributed by atoms with Gasteiger partial charge in [-0.2, -0.15) is 0 Å². The fourth-order valence-corrected chi connectivity index (χ4v) is 6.64. The molecule has 1 aliphatic carbocycles. The van der Waals surface area contributed by atoms with Crippen LogP contribution in [-0.2, 0) is 27.1 Å². The standard InChI is InChI=1S/C38H51N3O6/c1-9-28-23-31-24-30(35(44)41(26(2)3)25-32(42)46-8)18-22-40(31)33(28)34(43)29-16-14-27(15-17-29)13-12-21-38(19-10-11-20-38)39(7)36(45)47-37(4,5)6/h14-18,22-24,26H,9-13,19-21,25H2,1-8H3. The van der Waals surface area contributed by atoms with Gasteiger partial charge in [0.05, 0.1) is 12.8 Å². The minimum Gasteiger partial charge on any atom is -0.468 e. The van der Waals surface area contributed by atoms with Crippen molar-refractivity contribution >= 4 is 29.3 Å². The Bertz CT molecular complexity index is 1590. The molecular weight excluding hydrogens is 594 g/mol. The third-order valence-corrected chi connectivity index (χ3v) is 9.34. The van der Waals surface area contributed by atoms with E-state index < -0.39 is 11.6 Å². The van der Waals surface area contributed by atoms with Gasteiger partial charge in [0.1, 0.15) is 12.1 Å². The predicted molar refractivity (Wildman–Crippen MR) is 183 cm³/mol. The number of aryl methyl sites for hydroxylation is 2. The first-order chi connectivity index (χ1) is 22.2. The lowest BCUT2D eigenvalue weighted by Gasteiger charge is -2.39. The van der Waals surface area contributed by atoms with Crippen molar-refractivity contribution in [3.8, 4) is 0 Å². The van der Waals surface area contributed by atoms with E-state index in [2.05, 4.69) is 0 Å². The Hall–Kier alpha value is -4.14. The Morgan fingerprint density at radius 2 is 1.64 bits per heavy atom. The summed E-state index contributed by atoms with van der Waals surface area (Å²) in [5, 5.41) is 0. The number of rotatable bonds is 12. The van der Waals surface area contributed by atoms with Crippen molar-refractivity contribution in [1.29, 1.82) is 0 Å². The summed E-state index contributed by atoms with van der Waals surface area (Å²) in [7, 11) is 3.18. The first kappa shape index (κ1) is 35.7. The number of pyridine rings is 1. The van der Waals surface area contributed by atoms with E-state index in [0.29, 0.717) is 23.2 Å². The molecule has 0 atom stereocenters. The summed E-state index contributed by atoms with van der Waals surface area (Å²) in [5.41, 5.74) is 3.71. The van der Waals surface area contributed by atoms with Crippen molar-refractivity contribution in [2.45, 2.75) is 110 Å². The van der Waals surface area contributed by atoms with Crippen LogP contribution in [0.15, 0.2) is 48.7 Å². The number of carbonyl (C=O) groups is 4. The molecule has 0 N–H and O–H groups in total. The maximum absolute atomic E-state index is 13.9. The zero-order valence-corrected chi connectivity index (χ0v) is 29.4. The molecule has 254 valence electrons. The molecule has 0 saturated heterocycles. The molecule has 0 radical (unpaired) electrons. The minimum absolute atomic E-state index is 0.0779. The van der Waals surface area contributed by atoms with Crippen molar-refractivity contribution in [2.75, 3.05) is 20.7 Å². The van der Waals surface area contributed by atoms with Gasteiger partial charge in [-0.25, -0.2) is 4.79 Å². The van der Waals surface area contributed by atoms with E-state index in [4.69, 9.17) is 9.47 Å². The number of benzene rings is 1. The molecule has 0 aliphatic heterocycles. The molecule has 0 bridgehead atoms. The Labute approximate surface area is 279 Å². The van der Waals surface area contributed by atoms with E-state index in [1.54, 1.807) is 18.3 Å². The first-order valence-electron chi connectivity index (χ1n) is 16.8. The van der Waals surface area contributed by atoms with E-state index in [-0.39, 0.29) is 35.9 Å². The molecular formula is C38H51N3O6. The highest BCUT2D eigenvalue weighted by molar-refractivity contribution is 6.10. The summed E-state index contributed by atoms with van der Waals surface area (Å²) in [6.45, 7) is 11.3. The van der Waals surface area contributed by atoms with E-state index in [1.165, 1.54) is 12.0 Å². The molecule has 2 amide bonds. The van der Waals surface area contributed by atoms with Gasteiger partial charge in [-0.15, -0.1) is 0 Å². The smallest absolute Gasteiger partial charge is 0.410 e. The van der Waals surface area contributed by atoms with Crippen LogP contribution in [0.2, 0.25) is 0 Å². The van der Waals surface area contributed by atoms with Gasteiger partial charge in [0.2, 0.25) is 5.78 Å². The highest BCUT2D eigenvalue weighted by Crippen LogP contribution is 2.39. The van der Waals surface area contributed by atoms with Gasteiger partial charge in [0.25, 0.3) is 5.91 Å². The highest BCUT2D eigenvalue weighted by Gasteiger charge is 2.41. The molecule has 1 saturated carbocycles. The second kappa shape index (κ2) is 14.7. The van der Waals surface area contributed by atoms with E-state index in [9.17, 15) is 19.2 Å². The number of methoxy groups -OCH3 is 1. The lowest BCUT2D eigenvalue weighted by atomic mass is 9.88. The fourth-order valence-electron chi connectivity index (χ4n) is 6.64. The number of ketones is 1. The molecule has 1 aromatic carbocycles. The van der Waals surface area contributed by atoms with Gasteiger partial charge in [0, 0.05) is 41.5 Å². The summed E-state index contributed by atoms with van der Waals surface area (Å²) in [6, 6.07) is 13.0. The Morgan fingerprint density at radius 3 is 2.21 bits per heavy atom. The van der Waals surface area contributed by atoms with Gasteiger partial charge in [0.15, 0.2) is 0 Å². The van der Waals surface area contributed by atoms with E-state index in [0.717, 1.165) is 61.6 Å². The number of aromatic nitrogens is 1. The van der Waals surface area contributed by atoms with Gasteiger partial charge in [-0.3, -0.25) is 14.4 Å². The average Bonchev–Trinajstić information content (AvgIpc) is 3.66. The molecule has 1 fully saturated rings. The number of amides is 2. The van der Waals surface area contributed by atoms with Crippen LogP contribution in [0.3, 0.4) is 0 Å². The van der Waals surface area contributed by atoms with Crippen LogP contribution in [0.25, 0.3) is 5.52 Å². The van der Waals surface area contributed by atoms with Gasteiger partial charge >= 0.3 is 12.1 Å². The van der Waals surface area contributed by atoms with Crippen molar-refractivity contribution in [1.82, 2.24) is 14.2 Å². The Kier molecular flexibility index (Phi) is 11.2. The highest BCUT2D eigenvalue weighted by atomic mass is 16.6. The van der Waals surface area contributed by atoms with Crippen molar-refractivity contribution < 1.29 is 28.7 Å². The normalized spacial score (nSPS) is 14.3. The average molecular weight is 646 g/mol. The number of nitrogens with zero attached hydrogens (tertiary/aromatic N) is 3. The lowest BCUT2D eigenvalue weighted by molar-refractivity contribution is -0.141. The van der Waals surface area contributed by atoms with Crippen molar-refractivity contribution in [2.24, 2.45) is 0 Å². The van der Waals surface area contributed by atoms with Crippen LogP contribution in [0.1, 0.15) is 118 Å². The molecule has 9 heteroatoms. The SMILES string of the molecule is CCc1cc2cc(C(=O)N(CC(=O)OC)C(C)C)ccn2c1C(=O)c1ccc(CCCC2(N(C)C(=O)OC(C)(C)C)CCCC2)cc1. The van der Waals surface area contributed by atoms with Gasteiger partial charge in [-0.1, -0.05) is 44.0 Å². The summed E-state index contributed by atoms with van der Waals surface area (Å²) in [4.78, 5) is 55.3. The third-order valence-electron chi connectivity index (χ3n) is 9.34. The molecule has 2 heterocycles. The summed E-state index contributed by atoms with van der Waals surface area (Å²) in [6.07, 6.45) is 9.04. The minimum atomic E-state index is -0.528. The molecule has 1 aliphatic rings. The number of esters is 1. The molecule has 4 rings (SSSR count). The Morgan fingerprint density at radius 1 is 0.979 bits per heavy atom. The second-order valence-corrected chi connectivity index (χ2v) is 14.0. The zero-order chi connectivity index (χ0) is 34.5. The maximum atomic E-state index is 13.9. The zero-order valence-electron chi connectivity index (χ0n) is 29.4. The van der Waals surface area contributed by atoms with Crippen LogP contribution >= 0.6 is 0 Å². The molecule has 0 spiro atoms. The van der Waals surface area contributed by atoms with Crippen LogP contribution in [-0.4, -0.2) is 75.8 Å². The maximum Gasteiger partial charge on any atom is 0.410 e. The number of fused-ring (bicyclic) bond motifs is 1. The van der Waals surface area contributed by atoms with Gasteiger partial charge < -0.3 is 23.7 Å². The number of hydrogen-bond donors (Lipinski definition) is 0. The van der Waals surface area contributed by atoms with Crippen LogP contribution < -0.4 is 0 Å². The molecule has 2 aromatic heterocycles. The molecule has 0 unspecified atom stereocenters. The van der Waals surface area contributed by atoms with Crippen molar-refractivity contribution in [3.63, 3.8) is 0 Å². The number of ether oxygens (including phenoxy) is 2. The quantitative estimate of drug-likeness (QED) is 0.152. The fraction of sp³-hybridized carbons (Fsp3) is 0.526. The number of hydrogen-bond acceptors (Lipinski definition) is 6. The summed E-state index contributed by atoms with van der Waals surface area (Å²) < 4.78 is 12.3. The molecule has 9 nitrogen and oxygen atoms in total. The van der Waals surface area contributed by atoms with E-state index >= 15 is 0 Å². The predicted octanol–water partition coefficient (Wildman–Crippen LogP) is 7.26.